The molecule has 2 aromatic heterocycles. The first-order chi connectivity index (χ1) is 15.1. The average Bonchev–Trinajstić information content (AvgIpc) is 3.43. The monoisotopic (exact) mass is 417 g/mol. The number of unbranched alkanes of at least 4 members (excludes halogenated alkanes) is 1. The summed E-state index contributed by atoms with van der Waals surface area (Å²) in [6.07, 6.45) is 3.39. The second kappa shape index (κ2) is 9.51. The molecule has 0 N–H and O–H groups in total. The molecule has 6 nitrogen and oxygen atoms in total. The molecule has 0 saturated carbocycles. The van der Waals surface area contributed by atoms with Crippen LogP contribution in [0.5, 0.6) is 5.75 Å². The topological polar surface area (TPSA) is 60.5 Å². The summed E-state index contributed by atoms with van der Waals surface area (Å²) in [5.41, 5.74) is 3.17. The highest BCUT2D eigenvalue weighted by Crippen LogP contribution is 2.20. The Hall–Kier alpha value is -3.54. The normalized spacial score (nSPS) is 11.0. The van der Waals surface area contributed by atoms with Crippen molar-refractivity contribution >= 4 is 16.9 Å². The van der Waals surface area contributed by atoms with E-state index in [9.17, 15) is 4.79 Å². The molecule has 0 saturated heterocycles. The number of ether oxygens (including phenoxy) is 1. The van der Waals surface area contributed by atoms with Gasteiger partial charge >= 0.3 is 0 Å². The number of aromatic nitrogens is 2. The number of rotatable bonds is 9. The van der Waals surface area contributed by atoms with Gasteiger partial charge in [-0.2, -0.15) is 0 Å². The molecule has 0 aliphatic heterocycles. The number of fused-ring (bicyclic) bond motifs is 1. The lowest BCUT2D eigenvalue weighted by Crippen LogP contribution is -2.27. The first-order valence-corrected chi connectivity index (χ1v) is 10.5. The molecular weight excluding hydrogens is 390 g/mol. The molecule has 2 aromatic carbocycles. The van der Waals surface area contributed by atoms with Crippen LogP contribution in [0.15, 0.2) is 71.3 Å². The Morgan fingerprint density at radius 3 is 2.68 bits per heavy atom. The highest BCUT2D eigenvalue weighted by molar-refractivity contribution is 5.91. The van der Waals surface area contributed by atoms with Crippen molar-refractivity contribution in [2.45, 2.75) is 32.9 Å². The second-order valence-electron chi connectivity index (χ2n) is 7.63. The molecule has 0 radical (unpaired) electrons. The van der Waals surface area contributed by atoms with Gasteiger partial charge in [0.05, 0.1) is 30.4 Å². The van der Waals surface area contributed by atoms with Crippen LogP contribution in [0.3, 0.4) is 0 Å². The number of furan rings is 1. The largest absolute Gasteiger partial charge is 0.493 e. The van der Waals surface area contributed by atoms with Crippen molar-refractivity contribution < 1.29 is 13.9 Å². The summed E-state index contributed by atoms with van der Waals surface area (Å²) in [7, 11) is 1.77. The van der Waals surface area contributed by atoms with Gasteiger partial charge in [0.25, 0.3) is 5.91 Å². The maximum atomic E-state index is 12.6. The van der Waals surface area contributed by atoms with E-state index in [4.69, 9.17) is 14.1 Å². The minimum atomic E-state index is -0.157. The maximum absolute atomic E-state index is 12.6. The Labute approximate surface area is 182 Å². The lowest BCUT2D eigenvalue weighted by Gasteiger charge is -2.17. The van der Waals surface area contributed by atoms with Crippen molar-refractivity contribution in [2.75, 3.05) is 13.7 Å². The quantitative estimate of drug-likeness (QED) is 0.357. The number of carbonyl (C=O) groups excluding carboxylic acids is 1. The molecule has 0 aliphatic carbocycles. The van der Waals surface area contributed by atoms with Crippen LogP contribution in [0.25, 0.3) is 11.0 Å². The number of amides is 1. The molecule has 31 heavy (non-hydrogen) atoms. The van der Waals surface area contributed by atoms with Gasteiger partial charge in [0.2, 0.25) is 0 Å². The summed E-state index contributed by atoms with van der Waals surface area (Å²) in [6, 6.07) is 19.5. The molecule has 2 heterocycles. The number of carbonyl (C=O) groups is 1. The van der Waals surface area contributed by atoms with Crippen LogP contribution in [-0.2, 0) is 13.1 Å². The van der Waals surface area contributed by atoms with Crippen molar-refractivity contribution in [3.63, 3.8) is 0 Å². The molecular formula is C25H27N3O3. The molecule has 1 amide bonds. The van der Waals surface area contributed by atoms with E-state index in [2.05, 4.69) is 23.6 Å². The van der Waals surface area contributed by atoms with Crippen molar-refractivity contribution in [1.29, 1.82) is 0 Å². The van der Waals surface area contributed by atoms with Gasteiger partial charge in [0.1, 0.15) is 11.6 Å². The van der Waals surface area contributed by atoms with E-state index >= 15 is 0 Å². The second-order valence-corrected chi connectivity index (χ2v) is 7.63. The van der Waals surface area contributed by atoms with E-state index < -0.39 is 0 Å². The van der Waals surface area contributed by atoms with E-state index in [1.165, 1.54) is 6.26 Å². The number of para-hydroxylation sites is 3. The van der Waals surface area contributed by atoms with Crippen LogP contribution in [0.1, 0.15) is 34.8 Å². The molecule has 160 valence electrons. The zero-order valence-corrected chi connectivity index (χ0v) is 18.0. The fourth-order valence-corrected chi connectivity index (χ4v) is 3.64. The van der Waals surface area contributed by atoms with Gasteiger partial charge in [-0.15, -0.1) is 0 Å². The predicted octanol–water partition coefficient (Wildman–Crippen LogP) is 5.07. The Morgan fingerprint density at radius 2 is 1.87 bits per heavy atom. The van der Waals surface area contributed by atoms with Crippen molar-refractivity contribution in [2.24, 2.45) is 0 Å². The van der Waals surface area contributed by atoms with Crippen LogP contribution < -0.4 is 4.74 Å². The number of hydrogen-bond acceptors (Lipinski definition) is 4. The predicted molar refractivity (Wildman–Crippen MR) is 120 cm³/mol. The Kier molecular flexibility index (Phi) is 6.36. The van der Waals surface area contributed by atoms with Crippen LogP contribution in [-0.4, -0.2) is 34.0 Å². The van der Waals surface area contributed by atoms with E-state index in [-0.39, 0.29) is 5.91 Å². The molecule has 6 heteroatoms. The minimum absolute atomic E-state index is 0.157. The molecule has 0 fully saturated rings. The number of benzene rings is 2. The minimum Gasteiger partial charge on any atom is -0.493 e. The molecule has 0 bridgehead atoms. The highest BCUT2D eigenvalue weighted by atomic mass is 16.5. The van der Waals surface area contributed by atoms with Crippen LogP contribution in [0.2, 0.25) is 0 Å². The Morgan fingerprint density at radius 1 is 1.06 bits per heavy atom. The third-order valence-electron chi connectivity index (χ3n) is 5.32. The molecule has 0 unspecified atom stereocenters. The summed E-state index contributed by atoms with van der Waals surface area (Å²) >= 11 is 0. The first-order valence-electron chi connectivity index (χ1n) is 10.5. The zero-order valence-electron chi connectivity index (χ0n) is 18.0. The van der Waals surface area contributed by atoms with E-state index in [0.717, 1.165) is 47.6 Å². The summed E-state index contributed by atoms with van der Waals surface area (Å²) < 4.78 is 13.4. The molecule has 0 aliphatic rings. The number of nitrogens with zero attached hydrogens (tertiary/aromatic N) is 3. The Balaban J connectivity index is 1.41. The molecule has 4 rings (SSSR count). The van der Waals surface area contributed by atoms with Gasteiger partial charge in [-0.25, -0.2) is 4.98 Å². The molecule has 0 spiro atoms. The third kappa shape index (κ3) is 4.79. The first kappa shape index (κ1) is 20.7. The van der Waals surface area contributed by atoms with Gasteiger partial charge < -0.3 is 18.6 Å². The van der Waals surface area contributed by atoms with Crippen molar-refractivity contribution in [3.05, 3.63) is 84.1 Å². The summed E-state index contributed by atoms with van der Waals surface area (Å²) in [5, 5.41) is 0. The van der Waals surface area contributed by atoms with Crippen LogP contribution in [0.4, 0.5) is 0 Å². The van der Waals surface area contributed by atoms with Gasteiger partial charge in [0.15, 0.2) is 5.76 Å². The summed E-state index contributed by atoms with van der Waals surface area (Å²) in [5.74, 6) is 1.98. The fraction of sp³-hybridized carbons (Fsp3) is 0.280. The average molecular weight is 418 g/mol. The van der Waals surface area contributed by atoms with Crippen molar-refractivity contribution in [3.8, 4) is 5.75 Å². The van der Waals surface area contributed by atoms with Gasteiger partial charge in [-0.3, -0.25) is 4.79 Å². The smallest absolute Gasteiger partial charge is 0.289 e. The fourth-order valence-electron chi connectivity index (χ4n) is 3.64. The molecule has 4 aromatic rings. The zero-order chi connectivity index (χ0) is 21.6. The lowest BCUT2D eigenvalue weighted by atomic mass is 10.2. The number of aryl methyl sites for hydroxylation is 2. The van der Waals surface area contributed by atoms with Crippen molar-refractivity contribution in [1.82, 2.24) is 14.5 Å². The van der Waals surface area contributed by atoms with Crippen LogP contribution >= 0.6 is 0 Å². The van der Waals surface area contributed by atoms with Gasteiger partial charge in [0, 0.05) is 13.6 Å². The van der Waals surface area contributed by atoms with E-state index in [1.807, 2.05) is 36.4 Å². The van der Waals surface area contributed by atoms with E-state index in [0.29, 0.717) is 18.9 Å². The van der Waals surface area contributed by atoms with E-state index in [1.54, 1.807) is 24.1 Å². The van der Waals surface area contributed by atoms with Gasteiger partial charge in [-0.05, 0) is 55.7 Å². The summed E-state index contributed by atoms with van der Waals surface area (Å²) in [6.45, 7) is 3.95. The number of imidazole rings is 1. The SMILES string of the molecule is Cc1ccccc1OCCCCn1c(CN(C)C(=O)c2ccco2)nc2ccccc21. The highest BCUT2D eigenvalue weighted by Gasteiger charge is 2.18. The molecule has 0 atom stereocenters. The Bertz CT molecular complexity index is 1150. The third-order valence-corrected chi connectivity index (χ3v) is 5.32. The lowest BCUT2D eigenvalue weighted by molar-refractivity contribution is 0.0748. The number of hydrogen-bond donors (Lipinski definition) is 0. The van der Waals surface area contributed by atoms with Gasteiger partial charge in [-0.1, -0.05) is 30.3 Å². The summed E-state index contributed by atoms with van der Waals surface area (Å²) in [4.78, 5) is 19.0. The standard InChI is InChI=1S/C25H27N3O3/c1-19-10-3-6-13-22(19)30-16-8-7-15-28-21-12-5-4-11-20(21)26-24(28)18-27(2)25(29)23-14-9-17-31-23/h3-6,9-14,17H,7-8,15-16,18H2,1-2H3. The maximum Gasteiger partial charge on any atom is 0.289 e. The van der Waals surface area contributed by atoms with Crippen LogP contribution in [0, 0.1) is 6.92 Å².